The lowest BCUT2D eigenvalue weighted by Gasteiger charge is -2.05. The van der Waals surface area contributed by atoms with Gasteiger partial charge in [0.15, 0.2) is 0 Å². The van der Waals surface area contributed by atoms with Crippen LogP contribution in [0.5, 0.6) is 0 Å². The van der Waals surface area contributed by atoms with Gasteiger partial charge in [-0.3, -0.25) is 0 Å². The number of aromatic nitrogens is 2. The number of hydrogen-bond acceptors (Lipinski definition) is 0. The third-order valence-electron chi connectivity index (χ3n) is 4.30. The molecule has 1 aromatic heterocycles. The molecule has 2 unspecified atom stereocenters. The third kappa shape index (κ3) is 2.89. The third-order valence-corrected chi connectivity index (χ3v) is 4.30. The molecule has 0 bridgehead atoms. The fourth-order valence-corrected chi connectivity index (χ4v) is 3.16. The SMILES string of the molecule is Cc1ccc(-n2cc[n+](CC3CCC(C)C3)c2)cc1. The number of hydrogen-bond donors (Lipinski definition) is 0. The molecule has 2 atom stereocenters. The number of rotatable bonds is 3. The minimum atomic E-state index is 0.869. The zero-order valence-electron chi connectivity index (χ0n) is 11.9. The van der Waals surface area contributed by atoms with Crippen LogP contribution in [-0.2, 0) is 6.54 Å². The number of aryl methyl sites for hydroxylation is 1. The van der Waals surface area contributed by atoms with Gasteiger partial charge in [0.1, 0.15) is 18.1 Å². The van der Waals surface area contributed by atoms with Crippen LogP contribution >= 0.6 is 0 Å². The molecule has 1 fully saturated rings. The van der Waals surface area contributed by atoms with Crippen molar-refractivity contribution < 1.29 is 4.57 Å². The van der Waals surface area contributed by atoms with Crippen LogP contribution in [0.25, 0.3) is 5.69 Å². The van der Waals surface area contributed by atoms with Crippen molar-refractivity contribution in [3.05, 3.63) is 48.5 Å². The second kappa shape index (κ2) is 5.20. The van der Waals surface area contributed by atoms with Crippen LogP contribution in [-0.4, -0.2) is 4.57 Å². The lowest BCUT2D eigenvalue weighted by atomic mass is 10.1. The van der Waals surface area contributed by atoms with Crippen molar-refractivity contribution in [1.29, 1.82) is 0 Å². The Morgan fingerprint density at radius 1 is 1.21 bits per heavy atom. The Kier molecular flexibility index (Phi) is 3.41. The summed E-state index contributed by atoms with van der Waals surface area (Å²) in [5, 5.41) is 0. The first-order chi connectivity index (χ1) is 9.20. The fourth-order valence-electron chi connectivity index (χ4n) is 3.16. The Morgan fingerprint density at radius 3 is 2.68 bits per heavy atom. The molecule has 0 amide bonds. The van der Waals surface area contributed by atoms with Crippen molar-refractivity contribution in [2.24, 2.45) is 11.8 Å². The Balaban J connectivity index is 1.71. The van der Waals surface area contributed by atoms with E-state index in [1.54, 1.807) is 0 Å². The average molecular weight is 255 g/mol. The van der Waals surface area contributed by atoms with Gasteiger partial charge in [0.05, 0.1) is 6.54 Å². The molecule has 0 N–H and O–H groups in total. The summed E-state index contributed by atoms with van der Waals surface area (Å²) in [6, 6.07) is 8.69. The van der Waals surface area contributed by atoms with Gasteiger partial charge in [-0.05, 0) is 43.7 Å². The molecule has 0 spiro atoms. The second-order valence-corrected chi connectivity index (χ2v) is 6.14. The lowest BCUT2D eigenvalue weighted by Crippen LogP contribution is -2.34. The van der Waals surface area contributed by atoms with Gasteiger partial charge in [0.2, 0.25) is 6.33 Å². The zero-order chi connectivity index (χ0) is 13.2. The summed E-state index contributed by atoms with van der Waals surface area (Å²) < 4.78 is 4.54. The quantitative estimate of drug-likeness (QED) is 0.742. The minimum Gasteiger partial charge on any atom is -0.236 e. The van der Waals surface area contributed by atoms with E-state index in [1.165, 1.54) is 37.1 Å². The van der Waals surface area contributed by atoms with Gasteiger partial charge < -0.3 is 0 Å². The van der Waals surface area contributed by atoms with E-state index in [0.29, 0.717) is 0 Å². The van der Waals surface area contributed by atoms with Crippen LogP contribution in [0.2, 0.25) is 0 Å². The molecule has 1 aromatic carbocycles. The van der Waals surface area contributed by atoms with Crippen LogP contribution < -0.4 is 4.57 Å². The summed E-state index contributed by atoms with van der Waals surface area (Å²) in [4.78, 5) is 0. The zero-order valence-corrected chi connectivity index (χ0v) is 11.9. The van der Waals surface area contributed by atoms with Gasteiger partial charge in [-0.1, -0.05) is 31.0 Å². The predicted octanol–water partition coefficient (Wildman–Crippen LogP) is 3.51. The summed E-state index contributed by atoms with van der Waals surface area (Å²) in [7, 11) is 0. The maximum absolute atomic E-state index is 2.38. The topological polar surface area (TPSA) is 8.81 Å². The standard InChI is InChI=1S/C17H23N2/c1-14-4-7-17(8-5-14)19-10-9-18(13-19)12-16-6-3-15(2)11-16/h4-5,7-10,13,15-16H,3,6,11-12H2,1-2H3/q+1. The summed E-state index contributed by atoms with van der Waals surface area (Å²) in [5.41, 5.74) is 2.55. The second-order valence-electron chi connectivity index (χ2n) is 6.14. The van der Waals surface area contributed by atoms with Gasteiger partial charge >= 0.3 is 0 Å². The highest BCUT2D eigenvalue weighted by atomic mass is 15.1. The Bertz CT molecular complexity index is 539. The highest BCUT2D eigenvalue weighted by Gasteiger charge is 2.23. The van der Waals surface area contributed by atoms with Crippen molar-refractivity contribution in [2.75, 3.05) is 0 Å². The largest absolute Gasteiger partial charge is 0.248 e. The van der Waals surface area contributed by atoms with E-state index in [9.17, 15) is 0 Å². The van der Waals surface area contributed by atoms with Gasteiger partial charge in [-0.2, -0.15) is 0 Å². The molecular weight excluding hydrogens is 232 g/mol. The van der Waals surface area contributed by atoms with E-state index in [0.717, 1.165) is 11.8 Å². The summed E-state index contributed by atoms with van der Waals surface area (Å²) in [6.45, 7) is 5.67. The van der Waals surface area contributed by atoms with Crippen LogP contribution in [0.4, 0.5) is 0 Å². The maximum Gasteiger partial charge on any atom is 0.248 e. The molecule has 1 aliphatic carbocycles. The average Bonchev–Trinajstić information content (AvgIpc) is 3.00. The Labute approximate surface area is 115 Å². The molecule has 19 heavy (non-hydrogen) atoms. The number of benzene rings is 1. The lowest BCUT2D eigenvalue weighted by molar-refractivity contribution is -0.702. The molecule has 0 radical (unpaired) electrons. The minimum absolute atomic E-state index is 0.869. The normalized spacial score (nSPS) is 22.8. The molecule has 1 aliphatic rings. The molecule has 100 valence electrons. The first-order valence-electron chi connectivity index (χ1n) is 7.35. The molecule has 2 nitrogen and oxygen atoms in total. The van der Waals surface area contributed by atoms with Crippen molar-refractivity contribution in [2.45, 2.75) is 39.7 Å². The van der Waals surface area contributed by atoms with Crippen LogP contribution in [0, 0.1) is 18.8 Å². The maximum atomic E-state index is 2.38. The van der Waals surface area contributed by atoms with E-state index in [1.807, 2.05) is 0 Å². The molecule has 1 heterocycles. The smallest absolute Gasteiger partial charge is 0.236 e. The highest BCUT2D eigenvalue weighted by molar-refractivity contribution is 5.33. The molecule has 2 aromatic rings. The molecule has 2 heteroatoms. The van der Waals surface area contributed by atoms with Crippen LogP contribution in [0.3, 0.4) is 0 Å². The van der Waals surface area contributed by atoms with Gasteiger partial charge in [0, 0.05) is 0 Å². The monoisotopic (exact) mass is 255 g/mol. The Morgan fingerprint density at radius 2 is 2.00 bits per heavy atom. The number of imidazole rings is 1. The highest BCUT2D eigenvalue weighted by Crippen LogP contribution is 2.30. The number of nitrogens with zero attached hydrogens (tertiary/aromatic N) is 2. The van der Waals surface area contributed by atoms with Crippen molar-refractivity contribution in [3.63, 3.8) is 0 Å². The molecule has 0 saturated heterocycles. The molecular formula is C17H23N2+. The van der Waals surface area contributed by atoms with E-state index in [2.05, 4.69) is 66.0 Å². The van der Waals surface area contributed by atoms with Crippen LogP contribution in [0.15, 0.2) is 43.0 Å². The summed E-state index contributed by atoms with van der Waals surface area (Å²) in [5.74, 6) is 1.79. The van der Waals surface area contributed by atoms with Crippen molar-refractivity contribution in [1.82, 2.24) is 4.57 Å². The predicted molar refractivity (Wildman–Crippen MR) is 77.2 cm³/mol. The molecule has 0 aliphatic heterocycles. The van der Waals surface area contributed by atoms with Gasteiger partial charge in [-0.25, -0.2) is 9.13 Å². The summed E-state index contributed by atoms with van der Waals surface area (Å²) >= 11 is 0. The van der Waals surface area contributed by atoms with Crippen molar-refractivity contribution >= 4 is 0 Å². The van der Waals surface area contributed by atoms with Gasteiger partial charge in [0.25, 0.3) is 0 Å². The van der Waals surface area contributed by atoms with Crippen LogP contribution in [0.1, 0.15) is 31.7 Å². The van der Waals surface area contributed by atoms with Gasteiger partial charge in [-0.15, -0.1) is 0 Å². The molecule has 1 saturated carbocycles. The van der Waals surface area contributed by atoms with Crippen molar-refractivity contribution in [3.8, 4) is 5.69 Å². The fraction of sp³-hybridized carbons (Fsp3) is 0.471. The van der Waals surface area contributed by atoms with E-state index in [4.69, 9.17) is 0 Å². The van der Waals surface area contributed by atoms with E-state index < -0.39 is 0 Å². The first kappa shape index (κ1) is 12.5. The Hall–Kier alpha value is -1.57. The van der Waals surface area contributed by atoms with E-state index >= 15 is 0 Å². The first-order valence-corrected chi connectivity index (χ1v) is 7.35. The summed E-state index contributed by atoms with van der Waals surface area (Å²) in [6.07, 6.45) is 10.8. The molecule has 3 rings (SSSR count). The van der Waals surface area contributed by atoms with E-state index in [-0.39, 0.29) is 0 Å².